The molecule has 1 aliphatic carbocycles. The molecule has 8 heteroatoms. The zero-order valence-corrected chi connectivity index (χ0v) is 14.5. The molecule has 0 unspecified atom stereocenters. The van der Waals surface area contributed by atoms with Crippen molar-refractivity contribution in [1.82, 2.24) is 20.0 Å². The van der Waals surface area contributed by atoms with E-state index in [1.165, 1.54) is 4.57 Å². The number of hydrogen-bond acceptors (Lipinski definition) is 5. The molecule has 2 aromatic rings. The third-order valence-corrected chi connectivity index (χ3v) is 4.62. The number of anilines is 1. The monoisotopic (exact) mass is 345 g/mol. The van der Waals surface area contributed by atoms with Gasteiger partial charge in [-0.05, 0) is 31.9 Å². The normalized spacial score (nSPS) is 15.9. The first kappa shape index (κ1) is 17.2. The molecule has 8 nitrogen and oxygen atoms in total. The maximum atomic E-state index is 12.5. The first-order valence-corrected chi connectivity index (χ1v) is 8.69. The standard InChI is InChI=1S/C17H23N5O3/c1-3-13-19-15(21-25-13)17(9-5-6-10-17)20-16(24)18-12-8-7-11-22(4-2)14(12)23/h7-8,11H,3-6,9-10H2,1-2H3,(H2,18,20,24). The summed E-state index contributed by atoms with van der Waals surface area (Å²) in [7, 11) is 0. The van der Waals surface area contributed by atoms with Crippen LogP contribution in [0.4, 0.5) is 10.5 Å². The third-order valence-electron chi connectivity index (χ3n) is 4.62. The summed E-state index contributed by atoms with van der Waals surface area (Å²) in [5, 5.41) is 9.69. The van der Waals surface area contributed by atoms with E-state index in [0.29, 0.717) is 24.7 Å². The highest BCUT2D eigenvalue weighted by Gasteiger charge is 2.41. The van der Waals surface area contributed by atoms with Crippen molar-refractivity contribution in [3.8, 4) is 0 Å². The maximum absolute atomic E-state index is 12.5. The summed E-state index contributed by atoms with van der Waals surface area (Å²) in [6, 6.07) is 2.90. The van der Waals surface area contributed by atoms with Crippen LogP contribution < -0.4 is 16.2 Å². The number of pyridine rings is 1. The minimum atomic E-state index is -0.639. The van der Waals surface area contributed by atoms with E-state index < -0.39 is 11.6 Å². The second-order valence-electron chi connectivity index (χ2n) is 6.25. The first-order valence-electron chi connectivity index (χ1n) is 8.69. The topological polar surface area (TPSA) is 102 Å². The van der Waals surface area contributed by atoms with Gasteiger partial charge >= 0.3 is 6.03 Å². The molecule has 2 heterocycles. The van der Waals surface area contributed by atoms with Gasteiger partial charge in [0.2, 0.25) is 5.89 Å². The number of nitrogens with one attached hydrogen (secondary N) is 2. The molecular formula is C17H23N5O3. The van der Waals surface area contributed by atoms with Gasteiger partial charge in [0, 0.05) is 19.2 Å². The van der Waals surface area contributed by atoms with Crippen molar-refractivity contribution in [3.63, 3.8) is 0 Å². The number of nitrogens with zero attached hydrogens (tertiary/aromatic N) is 3. The molecule has 3 rings (SSSR count). The fraction of sp³-hybridized carbons (Fsp3) is 0.529. The summed E-state index contributed by atoms with van der Waals surface area (Å²) in [6.45, 7) is 4.36. The molecule has 0 aliphatic heterocycles. The van der Waals surface area contributed by atoms with E-state index in [1.807, 2.05) is 13.8 Å². The van der Waals surface area contributed by atoms with E-state index in [4.69, 9.17) is 4.52 Å². The number of hydrogen-bond donors (Lipinski definition) is 2. The van der Waals surface area contributed by atoms with Crippen molar-refractivity contribution in [1.29, 1.82) is 0 Å². The molecule has 1 fully saturated rings. The van der Waals surface area contributed by atoms with E-state index >= 15 is 0 Å². The number of rotatable bonds is 5. The van der Waals surface area contributed by atoms with Gasteiger partial charge in [-0.2, -0.15) is 4.98 Å². The summed E-state index contributed by atoms with van der Waals surface area (Å²) in [4.78, 5) is 29.2. The Morgan fingerprint density at radius 2 is 2.12 bits per heavy atom. The number of carbonyl (C=O) groups is 1. The predicted molar refractivity (Wildman–Crippen MR) is 92.4 cm³/mol. The van der Waals surface area contributed by atoms with Crippen LogP contribution in [0.3, 0.4) is 0 Å². The van der Waals surface area contributed by atoms with Crippen molar-refractivity contribution < 1.29 is 9.32 Å². The molecule has 2 amide bonds. The van der Waals surface area contributed by atoms with E-state index in [9.17, 15) is 9.59 Å². The van der Waals surface area contributed by atoms with Gasteiger partial charge in [0.15, 0.2) is 5.82 Å². The fourth-order valence-electron chi connectivity index (χ4n) is 3.23. The minimum Gasteiger partial charge on any atom is -0.339 e. The molecule has 0 spiro atoms. The Labute approximate surface area is 145 Å². The summed E-state index contributed by atoms with van der Waals surface area (Å²) >= 11 is 0. The molecule has 134 valence electrons. The second kappa shape index (κ2) is 7.08. The van der Waals surface area contributed by atoms with Gasteiger partial charge in [-0.15, -0.1) is 0 Å². The van der Waals surface area contributed by atoms with E-state index in [1.54, 1.807) is 18.3 Å². The molecule has 2 aromatic heterocycles. The van der Waals surface area contributed by atoms with Crippen LogP contribution in [0.25, 0.3) is 0 Å². The smallest absolute Gasteiger partial charge is 0.320 e. The Kier molecular flexibility index (Phi) is 4.87. The molecule has 0 bridgehead atoms. The number of carbonyl (C=O) groups excluding carboxylic acids is 1. The Morgan fingerprint density at radius 3 is 2.76 bits per heavy atom. The Morgan fingerprint density at radius 1 is 1.36 bits per heavy atom. The first-order chi connectivity index (χ1) is 12.1. The van der Waals surface area contributed by atoms with Crippen LogP contribution >= 0.6 is 0 Å². The lowest BCUT2D eigenvalue weighted by atomic mass is 9.97. The summed E-state index contributed by atoms with van der Waals surface area (Å²) in [5.41, 5.74) is -0.620. The van der Waals surface area contributed by atoms with Crippen LogP contribution in [0, 0.1) is 0 Å². The average Bonchev–Trinajstić information content (AvgIpc) is 3.26. The number of aromatic nitrogens is 3. The average molecular weight is 345 g/mol. The summed E-state index contributed by atoms with van der Waals surface area (Å²) < 4.78 is 6.75. The quantitative estimate of drug-likeness (QED) is 0.866. The third kappa shape index (κ3) is 3.42. The molecule has 0 saturated heterocycles. The Bertz CT molecular complexity index is 805. The highest BCUT2D eigenvalue weighted by molar-refractivity contribution is 5.89. The van der Waals surface area contributed by atoms with Crippen molar-refractivity contribution in [2.24, 2.45) is 0 Å². The molecule has 0 atom stereocenters. The van der Waals surface area contributed by atoms with Crippen LogP contribution in [0.15, 0.2) is 27.6 Å². The number of urea groups is 1. The van der Waals surface area contributed by atoms with Crippen molar-refractivity contribution >= 4 is 11.7 Å². The molecule has 2 N–H and O–H groups in total. The van der Waals surface area contributed by atoms with E-state index in [0.717, 1.165) is 25.7 Å². The largest absolute Gasteiger partial charge is 0.339 e. The van der Waals surface area contributed by atoms with Gasteiger partial charge in [-0.25, -0.2) is 4.79 Å². The van der Waals surface area contributed by atoms with Crippen LogP contribution in [-0.2, 0) is 18.5 Å². The van der Waals surface area contributed by atoms with Crippen LogP contribution in [0.5, 0.6) is 0 Å². The van der Waals surface area contributed by atoms with Gasteiger partial charge in [0.1, 0.15) is 11.2 Å². The van der Waals surface area contributed by atoms with Gasteiger partial charge in [0.25, 0.3) is 5.56 Å². The van der Waals surface area contributed by atoms with Crippen molar-refractivity contribution in [3.05, 3.63) is 40.4 Å². The highest BCUT2D eigenvalue weighted by atomic mass is 16.5. The number of amides is 2. The zero-order valence-electron chi connectivity index (χ0n) is 14.5. The fourth-order valence-corrected chi connectivity index (χ4v) is 3.23. The van der Waals surface area contributed by atoms with Gasteiger partial charge in [0.05, 0.1) is 0 Å². The molecule has 25 heavy (non-hydrogen) atoms. The van der Waals surface area contributed by atoms with Gasteiger partial charge in [-0.3, -0.25) is 4.79 Å². The minimum absolute atomic E-state index is 0.228. The lowest BCUT2D eigenvalue weighted by Crippen LogP contribution is -2.47. The zero-order chi connectivity index (χ0) is 17.9. The lowest BCUT2D eigenvalue weighted by Gasteiger charge is -2.26. The van der Waals surface area contributed by atoms with Crippen molar-refractivity contribution in [2.75, 3.05) is 5.32 Å². The molecule has 0 aromatic carbocycles. The van der Waals surface area contributed by atoms with E-state index in [2.05, 4.69) is 20.8 Å². The second-order valence-corrected chi connectivity index (χ2v) is 6.25. The highest BCUT2D eigenvalue weighted by Crippen LogP contribution is 2.37. The number of aryl methyl sites for hydroxylation is 2. The molecular weight excluding hydrogens is 322 g/mol. The van der Waals surface area contributed by atoms with Crippen LogP contribution in [0.1, 0.15) is 51.2 Å². The van der Waals surface area contributed by atoms with Gasteiger partial charge < -0.3 is 19.7 Å². The molecule has 1 saturated carbocycles. The van der Waals surface area contributed by atoms with Crippen molar-refractivity contribution in [2.45, 2.75) is 58.0 Å². The predicted octanol–water partition coefficient (Wildman–Crippen LogP) is 2.40. The Balaban J connectivity index is 1.79. The molecule has 1 aliphatic rings. The summed E-state index contributed by atoms with van der Waals surface area (Å²) in [6.07, 6.45) is 5.79. The maximum Gasteiger partial charge on any atom is 0.320 e. The SMILES string of the molecule is CCc1nc(C2(NC(=O)Nc3cccn(CC)c3=O)CCCC2)no1. The molecule has 0 radical (unpaired) electrons. The lowest BCUT2D eigenvalue weighted by molar-refractivity contribution is 0.232. The summed E-state index contributed by atoms with van der Waals surface area (Å²) in [5.74, 6) is 1.06. The van der Waals surface area contributed by atoms with Crippen LogP contribution in [-0.4, -0.2) is 20.7 Å². The van der Waals surface area contributed by atoms with Gasteiger partial charge in [-0.1, -0.05) is 24.9 Å². The van der Waals surface area contributed by atoms with E-state index in [-0.39, 0.29) is 11.2 Å². The Hall–Kier alpha value is -2.64. The van der Waals surface area contributed by atoms with Crippen LogP contribution in [0.2, 0.25) is 0 Å².